The molecule has 2 aliphatic heterocycles. The van der Waals surface area contributed by atoms with Gasteiger partial charge in [0, 0.05) is 97.9 Å². The molecule has 2 fully saturated rings. The van der Waals surface area contributed by atoms with Crippen LogP contribution in [-0.4, -0.2) is 133 Å². The van der Waals surface area contributed by atoms with E-state index in [0.29, 0.717) is 93.4 Å². The molecule has 13 nitrogen and oxygen atoms in total. The largest absolute Gasteiger partial charge is 0.384 e. The van der Waals surface area contributed by atoms with E-state index >= 15 is 0 Å². The molecule has 0 amide bonds. The number of carbonyl (C=O) groups excluding carboxylic acids is 4. The van der Waals surface area contributed by atoms with Gasteiger partial charge in [-0.05, 0) is 121 Å². The number of carbonyl (C=O) groups is 4. The summed E-state index contributed by atoms with van der Waals surface area (Å²) < 4.78 is 0. The van der Waals surface area contributed by atoms with Crippen LogP contribution < -0.4 is 21.3 Å². The molecule has 4 heterocycles. The van der Waals surface area contributed by atoms with Gasteiger partial charge in [-0.1, -0.05) is 0 Å². The third-order valence-corrected chi connectivity index (χ3v) is 11.9. The lowest BCUT2D eigenvalue weighted by Gasteiger charge is -2.25. The van der Waals surface area contributed by atoms with Crippen molar-refractivity contribution in [3.8, 4) is 0 Å². The lowest BCUT2D eigenvalue weighted by atomic mass is 9.83. The molecule has 61 heavy (non-hydrogen) atoms. The number of likely N-dealkylation sites (tertiary alicyclic amines) is 2. The van der Waals surface area contributed by atoms with Crippen molar-refractivity contribution in [3.63, 3.8) is 0 Å². The van der Waals surface area contributed by atoms with Crippen molar-refractivity contribution >= 4 is 83.1 Å². The molecule has 4 aromatic rings. The van der Waals surface area contributed by atoms with Crippen molar-refractivity contribution in [1.29, 1.82) is 0 Å². The number of fused-ring (bicyclic) bond motifs is 4. The maximum atomic E-state index is 13.8. The van der Waals surface area contributed by atoms with Gasteiger partial charge in [0.25, 0.3) is 0 Å². The van der Waals surface area contributed by atoms with Crippen molar-refractivity contribution in [1.82, 2.24) is 24.7 Å². The SMILES string of the molecule is CN(CCCNc1ccc(NCCN2CCCC2)c2c1C(=O)c1cnccc1C2=O)CCCNc1ccc(NCCN2CCCC2)c2c1C(=O)c1cnccc1C2=O.Cl.Cl.Cl. The van der Waals surface area contributed by atoms with Crippen LogP contribution in [0.1, 0.15) is 102 Å². The highest BCUT2D eigenvalue weighted by molar-refractivity contribution is 6.32. The normalized spacial score (nSPS) is 15.5. The molecule has 4 N–H and O–H groups in total. The van der Waals surface area contributed by atoms with Crippen LogP contribution >= 0.6 is 37.2 Å². The smallest absolute Gasteiger partial charge is 0.198 e. The van der Waals surface area contributed by atoms with Gasteiger partial charge in [-0.15, -0.1) is 37.2 Å². The predicted molar refractivity (Wildman–Crippen MR) is 249 cm³/mol. The Kier molecular flexibility index (Phi) is 17.1. The van der Waals surface area contributed by atoms with E-state index in [9.17, 15) is 19.2 Å². The Balaban J connectivity index is 0.00000235. The minimum atomic E-state index is -0.190. The molecule has 8 rings (SSSR count). The zero-order valence-electron chi connectivity index (χ0n) is 34.6. The molecule has 4 aliphatic rings. The van der Waals surface area contributed by atoms with E-state index in [4.69, 9.17) is 0 Å². The molecule has 326 valence electrons. The molecular formula is C45H56Cl3N9O4. The lowest BCUT2D eigenvalue weighted by Crippen LogP contribution is -2.28. The lowest BCUT2D eigenvalue weighted by molar-refractivity contribution is 0.0980. The molecular weight excluding hydrogens is 837 g/mol. The molecule has 2 aliphatic carbocycles. The molecule has 2 saturated heterocycles. The zero-order chi connectivity index (χ0) is 40.0. The van der Waals surface area contributed by atoms with Crippen molar-refractivity contribution in [3.05, 3.63) is 106 Å². The van der Waals surface area contributed by atoms with Crippen LogP contribution in [0.3, 0.4) is 0 Å². The Morgan fingerprint density at radius 1 is 0.492 bits per heavy atom. The van der Waals surface area contributed by atoms with Crippen LogP contribution in [0.4, 0.5) is 22.7 Å². The van der Waals surface area contributed by atoms with Crippen molar-refractivity contribution in [2.24, 2.45) is 0 Å². The van der Waals surface area contributed by atoms with Gasteiger partial charge in [0.1, 0.15) is 0 Å². The summed E-state index contributed by atoms with van der Waals surface area (Å²) in [6.45, 7) is 10.4. The van der Waals surface area contributed by atoms with E-state index in [1.807, 2.05) is 24.3 Å². The first-order valence-corrected chi connectivity index (χ1v) is 20.9. The number of nitrogens with zero attached hydrogens (tertiary/aromatic N) is 5. The number of nitrogens with one attached hydrogen (secondary N) is 4. The van der Waals surface area contributed by atoms with Crippen LogP contribution in [0.15, 0.2) is 61.2 Å². The highest BCUT2D eigenvalue weighted by Crippen LogP contribution is 2.38. The Bertz CT molecular complexity index is 2060. The van der Waals surface area contributed by atoms with Crippen LogP contribution in [0.5, 0.6) is 0 Å². The second-order valence-corrected chi connectivity index (χ2v) is 15.8. The van der Waals surface area contributed by atoms with Gasteiger partial charge in [0.2, 0.25) is 0 Å². The summed E-state index contributed by atoms with van der Waals surface area (Å²) in [5, 5.41) is 13.8. The first-order chi connectivity index (χ1) is 28.4. The molecule has 2 aromatic carbocycles. The van der Waals surface area contributed by atoms with Crippen molar-refractivity contribution in [2.45, 2.75) is 38.5 Å². The van der Waals surface area contributed by atoms with Crippen LogP contribution in [0.25, 0.3) is 0 Å². The topological polar surface area (TPSA) is 152 Å². The number of hydrogen-bond acceptors (Lipinski definition) is 13. The van der Waals surface area contributed by atoms with Crippen molar-refractivity contribution in [2.75, 3.05) is 107 Å². The van der Waals surface area contributed by atoms with E-state index in [1.54, 1.807) is 24.5 Å². The van der Waals surface area contributed by atoms with Gasteiger partial charge in [0.15, 0.2) is 23.1 Å². The number of anilines is 4. The molecule has 0 radical (unpaired) electrons. The second-order valence-electron chi connectivity index (χ2n) is 15.8. The monoisotopic (exact) mass is 891 g/mol. The highest BCUT2D eigenvalue weighted by Gasteiger charge is 2.35. The van der Waals surface area contributed by atoms with Crippen LogP contribution in [0.2, 0.25) is 0 Å². The van der Waals surface area contributed by atoms with Gasteiger partial charge in [-0.3, -0.25) is 29.1 Å². The number of rotatable bonds is 18. The van der Waals surface area contributed by atoms with E-state index in [0.717, 1.165) is 65.2 Å². The minimum Gasteiger partial charge on any atom is -0.384 e. The van der Waals surface area contributed by atoms with Crippen LogP contribution in [0, 0.1) is 0 Å². The summed E-state index contributed by atoms with van der Waals surface area (Å²) in [7, 11) is 2.08. The van der Waals surface area contributed by atoms with E-state index in [2.05, 4.69) is 53.0 Å². The van der Waals surface area contributed by atoms with E-state index in [1.165, 1.54) is 38.1 Å². The maximum absolute atomic E-state index is 13.8. The van der Waals surface area contributed by atoms with Gasteiger partial charge < -0.3 is 36.0 Å². The average molecular weight is 893 g/mol. The fourth-order valence-electron chi connectivity index (χ4n) is 8.79. The highest BCUT2D eigenvalue weighted by atomic mass is 35.5. The number of ketones is 4. The predicted octanol–water partition coefficient (Wildman–Crippen LogP) is 6.54. The zero-order valence-corrected chi connectivity index (χ0v) is 37.0. The van der Waals surface area contributed by atoms with E-state index in [-0.39, 0.29) is 60.4 Å². The summed E-state index contributed by atoms with van der Waals surface area (Å²) in [4.78, 5) is 70.7. The third-order valence-electron chi connectivity index (χ3n) is 11.9. The standard InChI is InChI=1S/C45H53N9O4.3ClH/c1-52(20-6-14-48-34-8-10-36(50-18-26-53-22-2-3-23-53)38-40(34)44(57)32-28-46-16-12-30(32)42(38)55)21-7-15-49-35-9-11-37(51-19-27-54-24-4-5-25-54)39-41(35)45(58)33-29-47-17-13-31(33)43(39)56;;;/h8-13,16-17,28-29,48-51H,2-7,14-15,18-27H2,1H3;3*1H. The van der Waals surface area contributed by atoms with Gasteiger partial charge >= 0.3 is 0 Å². The van der Waals surface area contributed by atoms with Crippen molar-refractivity contribution < 1.29 is 19.2 Å². The summed E-state index contributed by atoms with van der Waals surface area (Å²) in [5.74, 6) is -0.702. The molecule has 0 bridgehead atoms. The summed E-state index contributed by atoms with van der Waals surface area (Å²) in [6, 6.07) is 10.9. The van der Waals surface area contributed by atoms with Gasteiger partial charge in [0.05, 0.1) is 33.4 Å². The number of halogens is 3. The fraction of sp³-hybridized carbons (Fsp3) is 0.422. The summed E-state index contributed by atoms with van der Waals surface area (Å²) in [5.41, 5.74) is 5.81. The first kappa shape index (κ1) is 47.4. The minimum absolute atomic E-state index is 0. The van der Waals surface area contributed by atoms with Gasteiger partial charge in [-0.25, -0.2) is 0 Å². The number of benzene rings is 2. The van der Waals surface area contributed by atoms with Crippen LogP contribution in [-0.2, 0) is 0 Å². The molecule has 0 saturated carbocycles. The quantitative estimate of drug-likeness (QED) is 0.0692. The number of hydrogen-bond donors (Lipinski definition) is 4. The summed E-state index contributed by atoms with van der Waals surface area (Å²) >= 11 is 0. The molecule has 0 atom stereocenters. The molecule has 0 unspecified atom stereocenters. The Labute approximate surface area is 376 Å². The Morgan fingerprint density at radius 3 is 1.18 bits per heavy atom. The molecule has 16 heteroatoms. The fourth-order valence-corrected chi connectivity index (χ4v) is 8.79. The first-order valence-electron chi connectivity index (χ1n) is 20.9. The molecule has 2 aromatic heterocycles. The number of pyridine rings is 2. The third kappa shape index (κ3) is 10.4. The van der Waals surface area contributed by atoms with E-state index < -0.39 is 0 Å². The van der Waals surface area contributed by atoms with Gasteiger partial charge in [-0.2, -0.15) is 0 Å². The number of aromatic nitrogens is 2. The second kappa shape index (κ2) is 21.9. The Morgan fingerprint density at radius 2 is 0.820 bits per heavy atom. The molecule has 0 spiro atoms. The summed E-state index contributed by atoms with van der Waals surface area (Å²) in [6.07, 6.45) is 12.6. The maximum Gasteiger partial charge on any atom is 0.198 e. The average Bonchev–Trinajstić information content (AvgIpc) is 3.98. The Hall–Kier alpha value is -4.63.